The van der Waals surface area contributed by atoms with Crippen molar-refractivity contribution in [3.63, 3.8) is 0 Å². The van der Waals surface area contributed by atoms with E-state index in [-0.39, 0.29) is 5.82 Å². The molecular weight excluding hydrogens is 255 g/mol. The largest absolute Gasteiger partial charge is 0.464 e. The Morgan fingerprint density at radius 2 is 2.10 bits per heavy atom. The van der Waals surface area contributed by atoms with Crippen molar-refractivity contribution in [1.29, 1.82) is 0 Å². The normalized spacial score (nSPS) is 10.8. The third kappa shape index (κ3) is 3.61. The van der Waals surface area contributed by atoms with E-state index in [9.17, 15) is 4.39 Å². The van der Waals surface area contributed by atoms with Crippen LogP contribution < -0.4 is 10.2 Å². The zero-order chi connectivity index (χ0) is 14.5. The maximum atomic E-state index is 13.2. The molecule has 0 unspecified atom stereocenters. The van der Waals surface area contributed by atoms with Gasteiger partial charge in [-0.1, -0.05) is 13.0 Å². The quantitative estimate of drug-likeness (QED) is 0.875. The van der Waals surface area contributed by atoms with Gasteiger partial charge in [-0.25, -0.2) is 4.39 Å². The van der Waals surface area contributed by atoms with Gasteiger partial charge in [-0.3, -0.25) is 0 Å². The number of nitrogens with zero attached hydrogens (tertiary/aromatic N) is 1. The van der Waals surface area contributed by atoms with Gasteiger partial charge >= 0.3 is 0 Å². The molecule has 2 aromatic rings. The van der Waals surface area contributed by atoms with E-state index >= 15 is 0 Å². The van der Waals surface area contributed by atoms with Crippen LogP contribution >= 0.6 is 0 Å². The van der Waals surface area contributed by atoms with Crippen molar-refractivity contribution in [1.82, 2.24) is 5.32 Å². The highest BCUT2D eigenvalue weighted by Crippen LogP contribution is 2.20. The molecule has 0 atom stereocenters. The molecular formula is C16H21FN2O. The Morgan fingerprint density at radius 1 is 1.30 bits per heavy atom. The molecule has 0 bridgehead atoms. The first-order valence-electron chi connectivity index (χ1n) is 6.85. The summed E-state index contributed by atoms with van der Waals surface area (Å²) in [6.07, 6.45) is 0. The summed E-state index contributed by atoms with van der Waals surface area (Å²) in [5.41, 5.74) is 2.02. The second-order valence-corrected chi connectivity index (χ2v) is 4.91. The minimum atomic E-state index is -0.224. The summed E-state index contributed by atoms with van der Waals surface area (Å²) in [4.78, 5) is 1.97. The van der Waals surface area contributed by atoms with Gasteiger partial charge in [-0.05, 0) is 37.7 Å². The van der Waals surface area contributed by atoms with Crippen molar-refractivity contribution in [2.45, 2.75) is 26.9 Å². The number of aryl methyl sites for hydroxylation is 1. The summed E-state index contributed by atoms with van der Waals surface area (Å²) in [6.45, 7) is 6.42. The van der Waals surface area contributed by atoms with Gasteiger partial charge in [0.05, 0.1) is 6.54 Å². The maximum absolute atomic E-state index is 13.2. The summed E-state index contributed by atoms with van der Waals surface area (Å²) in [5, 5.41) is 3.29. The van der Waals surface area contributed by atoms with Gasteiger partial charge in [0.2, 0.25) is 0 Å². The van der Waals surface area contributed by atoms with Gasteiger partial charge in [0.15, 0.2) is 0 Å². The van der Waals surface area contributed by atoms with Gasteiger partial charge in [0.1, 0.15) is 17.3 Å². The molecule has 0 saturated carbocycles. The van der Waals surface area contributed by atoms with Crippen molar-refractivity contribution in [2.24, 2.45) is 0 Å². The summed E-state index contributed by atoms with van der Waals surface area (Å²) in [5.74, 6) is 1.61. The molecule has 20 heavy (non-hydrogen) atoms. The molecule has 0 radical (unpaired) electrons. The van der Waals surface area contributed by atoms with E-state index in [1.54, 1.807) is 6.07 Å². The fraction of sp³-hybridized carbons (Fsp3) is 0.375. The lowest BCUT2D eigenvalue weighted by atomic mass is 10.2. The van der Waals surface area contributed by atoms with E-state index < -0.39 is 0 Å². The van der Waals surface area contributed by atoms with Crippen molar-refractivity contribution in [3.8, 4) is 0 Å². The van der Waals surface area contributed by atoms with Crippen LogP contribution in [0.25, 0.3) is 0 Å². The lowest BCUT2D eigenvalue weighted by Gasteiger charge is -2.17. The van der Waals surface area contributed by atoms with Gasteiger partial charge < -0.3 is 14.6 Å². The topological polar surface area (TPSA) is 28.4 Å². The molecule has 1 aromatic heterocycles. The van der Waals surface area contributed by atoms with Crippen molar-refractivity contribution < 1.29 is 8.81 Å². The third-order valence-electron chi connectivity index (χ3n) is 3.28. The van der Waals surface area contributed by atoms with E-state index in [1.807, 2.05) is 24.9 Å². The molecule has 1 N–H and O–H groups in total. The Bertz CT molecular complexity index is 565. The second-order valence-electron chi connectivity index (χ2n) is 4.91. The maximum Gasteiger partial charge on any atom is 0.125 e. The van der Waals surface area contributed by atoms with Crippen LogP contribution in [0.15, 0.2) is 34.7 Å². The van der Waals surface area contributed by atoms with E-state index in [0.717, 1.165) is 30.3 Å². The summed E-state index contributed by atoms with van der Waals surface area (Å²) >= 11 is 0. The van der Waals surface area contributed by atoms with Gasteiger partial charge in [-0.2, -0.15) is 0 Å². The molecule has 108 valence electrons. The number of anilines is 1. The van der Waals surface area contributed by atoms with Crippen LogP contribution in [0.3, 0.4) is 0 Å². The highest BCUT2D eigenvalue weighted by atomic mass is 19.1. The Morgan fingerprint density at radius 3 is 2.80 bits per heavy atom. The number of rotatable bonds is 6. The van der Waals surface area contributed by atoms with Crippen molar-refractivity contribution in [3.05, 3.63) is 53.2 Å². The lowest BCUT2D eigenvalue weighted by molar-refractivity contribution is 0.477. The van der Waals surface area contributed by atoms with Crippen LogP contribution in [-0.4, -0.2) is 13.6 Å². The van der Waals surface area contributed by atoms with Crippen LogP contribution in [0.4, 0.5) is 10.1 Å². The van der Waals surface area contributed by atoms with Crippen LogP contribution in [0.1, 0.15) is 24.0 Å². The first-order chi connectivity index (χ1) is 9.60. The monoisotopic (exact) mass is 276 g/mol. The highest BCUT2D eigenvalue weighted by Gasteiger charge is 2.10. The lowest BCUT2D eigenvalue weighted by Crippen LogP contribution is -2.16. The SMILES string of the molecule is CCNCc1cc(CN(C)c2cccc(F)c2)oc1C. The molecule has 0 saturated heterocycles. The average molecular weight is 276 g/mol. The standard InChI is InChI=1S/C16H21FN2O/c1-4-18-10-13-8-16(20-12(13)2)11-19(3)15-7-5-6-14(17)9-15/h5-9,18H,4,10-11H2,1-3H3. The molecule has 0 amide bonds. The Labute approximate surface area is 119 Å². The van der Waals surface area contributed by atoms with Gasteiger partial charge in [0, 0.05) is 24.8 Å². The van der Waals surface area contributed by atoms with Crippen LogP contribution in [0.5, 0.6) is 0 Å². The van der Waals surface area contributed by atoms with Crippen molar-refractivity contribution in [2.75, 3.05) is 18.5 Å². The molecule has 3 nitrogen and oxygen atoms in total. The van der Waals surface area contributed by atoms with Crippen molar-refractivity contribution >= 4 is 5.69 Å². The molecule has 0 spiro atoms. The number of benzene rings is 1. The summed E-state index contributed by atoms with van der Waals surface area (Å²) < 4.78 is 19.0. The average Bonchev–Trinajstić information content (AvgIpc) is 2.76. The number of halogens is 1. The predicted molar refractivity (Wildman–Crippen MR) is 79.3 cm³/mol. The fourth-order valence-corrected chi connectivity index (χ4v) is 2.14. The summed E-state index contributed by atoms with van der Waals surface area (Å²) in [7, 11) is 1.93. The third-order valence-corrected chi connectivity index (χ3v) is 3.28. The predicted octanol–water partition coefficient (Wildman–Crippen LogP) is 3.47. The smallest absolute Gasteiger partial charge is 0.125 e. The Kier molecular flexibility index (Phi) is 4.79. The number of furan rings is 1. The van der Waals surface area contributed by atoms with Crippen LogP contribution in [0.2, 0.25) is 0 Å². The number of nitrogens with one attached hydrogen (secondary N) is 1. The molecule has 0 aliphatic carbocycles. The second kappa shape index (κ2) is 6.57. The molecule has 0 aliphatic heterocycles. The van der Waals surface area contributed by atoms with Gasteiger partial charge in [-0.15, -0.1) is 0 Å². The zero-order valence-electron chi connectivity index (χ0n) is 12.2. The Hall–Kier alpha value is -1.81. The first-order valence-corrected chi connectivity index (χ1v) is 6.85. The van der Waals surface area contributed by atoms with Crippen LogP contribution in [-0.2, 0) is 13.1 Å². The molecule has 1 heterocycles. The minimum Gasteiger partial charge on any atom is -0.464 e. The van der Waals surface area contributed by atoms with Gasteiger partial charge in [0.25, 0.3) is 0 Å². The van der Waals surface area contributed by atoms with Crippen LogP contribution in [0, 0.1) is 12.7 Å². The molecule has 1 aromatic carbocycles. The molecule has 4 heteroatoms. The number of hydrogen-bond acceptors (Lipinski definition) is 3. The fourth-order valence-electron chi connectivity index (χ4n) is 2.14. The molecule has 2 rings (SSSR count). The number of hydrogen-bond donors (Lipinski definition) is 1. The molecule has 0 fully saturated rings. The highest BCUT2D eigenvalue weighted by molar-refractivity contribution is 5.45. The van der Waals surface area contributed by atoms with E-state index in [4.69, 9.17) is 4.42 Å². The van der Waals surface area contributed by atoms with E-state index in [0.29, 0.717) is 6.54 Å². The first kappa shape index (κ1) is 14.6. The van der Waals surface area contributed by atoms with E-state index in [1.165, 1.54) is 17.7 Å². The minimum absolute atomic E-state index is 0.224. The zero-order valence-corrected chi connectivity index (χ0v) is 12.2. The van der Waals surface area contributed by atoms with E-state index in [2.05, 4.69) is 18.3 Å². The molecule has 0 aliphatic rings. The Balaban J connectivity index is 2.06. The summed E-state index contributed by atoms with van der Waals surface area (Å²) in [6, 6.07) is 8.63.